The summed E-state index contributed by atoms with van der Waals surface area (Å²) >= 11 is 0. The standard InChI is InChI=1S/C26H44O4/c27-25-21-17-18-22-26(28)30-24-20-16-14-12-10-8-6-4-2-1-3-5-7-9-11-13-15-19-23-29-25/h3-24H2. The van der Waals surface area contributed by atoms with E-state index in [-0.39, 0.29) is 11.9 Å². The molecule has 0 N–H and O–H groups in total. The van der Waals surface area contributed by atoms with Gasteiger partial charge in [0.25, 0.3) is 0 Å². The van der Waals surface area contributed by atoms with Gasteiger partial charge in [0.05, 0.1) is 13.2 Å². The molecular weight excluding hydrogens is 376 g/mol. The predicted molar refractivity (Wildman–Crippen MR) is 122 cm³/mol. The minimum Gasteiger partial charge on any atom is -0.466 e. The SMILES string of the molecule is O=C1CCCCC(=O)OCCCCCCCCCC#CCCCCCCCCCO1. The maximum atomic E-state index is 11.7. The lowest BCUT2D eigenvalue weighted by atomic mass is 10.1. The fraction of sp³-hybridized carbons (Fsp3) is 0.846. The molecule has 0 aromatic carbocycles. The van der Waals surface area contributed by atoms with Gasteiger partial charge in [-0.25, -0.2) is 0 Å². The molecule has 0 saturated heterocycles. The van der Waals surface area contributed by atoms with Crippen molar-refractivity contribution in [3.63, 3.8) is 0 Å². The Morgan fingerprint density at radius 1 is 0.433 bits per heavy atom. The summed E-state index contributed by atoms with van der Waals surface area (Å²) in [5.74, 6) is 6.37. The van der Waals surface area contributed by atoms with Crippen LogP contribution < -0.4 is 0 Å². The van der Waals surface area contributed by atoms with E-state index in [2.05, 4.69) is 11.8 Å². The van der Waals surface area contributed by atoms with Crippen LogP contribution in [0.4, 0.5) is 0 Å². The van der Waals surface area contributed by atoms with Gasteiger partial charge >= 0.3 is 11.9 Å². The monoisotopic (exact) mass is 420 g/mol. The highest BCUT2D eigenvalue weighted by molar-refractivity contribution is 5.70. The Hall–Kier alpha value is -1.50. The van der Waals surface area contributed by atoms with Crippen LogP contribution in [0.5, 0.6) is 0 Å². The third-order valence-corrected chi connectivity index (χ3v) is 5.56. The Bertz CT molecular complexity index is 447. The second kappa shape index (κ2) is 20.8. The molecule has 4 nitrogen and oxygen atoms in total. The van der Waals surface area contributed by atoms with Crippen molar-refractivity contribution >= 4 is 11.9 Å². The fourth-order valence-corrected chi connectivity index (χ4v) is 3.63. The molecule has 30 heavy (non-hydrogen) atoms. The number of esters is 2. The molecule has 1 rings (SSSR count). The molecular formula is C26H44O4. The molecule has 0 aromatic rings. The van der Waals surface area contributed by atoms with E-state index in [1.54, 1.807) is 0 Å². The molecule has 0 amide bonds. The van der Waals surface area contributed by atoms with Crippen molar-refractivity contribution in [2.24, 2.45) is 0 Å². The zero-order chi connectivity index (χ0) is 21.5. The molecule has 0 unspecified atom stereocenters. The first kappa shape index (κ1) is 26.5. The van der Waals surface area contributed by atoms with Gasteiger partial charge in [-0.1, -0.05) is 64.2 Å². The van der Waals surface area contributed by atoms with Gasteiger partial charge in [-0.3, -0.25) is 9.59 Å². The van der Waals surface area contributed by atoms with E-state index < -0.39 is 0 Å². The van der Waals surface area contributed by atoms with Crippen molar-refractivity contribution in [1.82, 2.24) is 0 Å². The Labute approximate surface area is 184 Å². The smallest absolute Gasteiger partial charge is 0.305 e. The minimum atomic E-state index is -0.141. The van der Waals surface area contributed by atoms with E-state index >= 15 is 0 Å². The van der Waals surface area contributed by atoms with E-state index in [0.717, 1.165) is 38.5 Å². The van der Waals surface area contributed by atoms with E-state index in [4.69, 9.17) is 9.47 Å². The van der Waals surface area contributed by atoms with Crippen molar-refractivity contribution in [3.8, 4) is 11.8 Å². The molecule has 1 aliphatic rings. The molecule has 172 valence electrons. The first-order chi connectivity index (χ1) is 14.8. The molecule has 0 aliphatic carbocycles. The molecule has 0 radical (unpaired) electrons. The Kier molecular flexibility index (Phi) is 18.4. The third kappa shape index (κ3) is 18.5. The number of hydrogen-bond acceptors (Lipinski definition) is 4. The Morgan fingerprint density at radius 3 is 1.17 bits per heavy atom. The summed E-state index contributed by atoms with van der Waals surface area (Å²) < 4.78 is 10.6. The van der Waals surface area contributed by atoms with E-state index in [1.165, 1.54) is 64.2 Å². The highest BCUT2D eigenvalue weighted by Crippen LogP contribution is 2.11. The maximum Gasteiger partial charge on any atom is 0.305 e. The van der Waals surface area contributed by atoms with Crippen LogP contribution in [-0.4, -0.2) is 25.2 Å². The topological polar surface area (TPSA) is 52.6 Å². The molecule has 0 atom stereocenters. The van der Waals surface area contributed by atoms with Gasteiger partial charge in [0.2, 0.25) is 0 Å². The van der Waals surface area contributed by atoms with Crippen molar-refractivity contribution in [2.75, 3.05) is 13.2 Å². The normalized spacial score (nSPS) is 21.7. The van der Waals surface area contributed by atoms with Crippen LogP contribution in [-0.2, 0) is 19.1 Å². The van der Waals surface area contributed by atoms with Crippen molar-refractivity contribution < 1.29 is 19.1 Å². The fourth-order valence-electron chi connectivity index (χ4n) is 3.63. The lowest BCUT2D eigenvalue weighted by molar-refractivity contribution is -0.146. The highest BCUT2D eigenvalue weighted by atomic mass is 16.5. The number of cyclic esters (lactones) is 2. The summed E-state index contributed by atoms with van der Waals surface area (Å²) in [4.78, 5) is 23.4. The lowest BCUT2D eigenvalue weighted by Crippen LogP contribution is -2.08. The van der Waals surface area contributed by atoms with Gasteiger partial charge in [0.15, 0.2) is 0 Å². The molecule has 0 bridgehead atoms. The van der Waals surface area contributed by atoms with Crippen molar-refractivity contribution in [2.45, 2.75) is 128 Å². The summed E-state index contributed by atoms with van der Waals surface area (Å²) in [6.07, 6.45) is 20.9. The summed E-state index contributed by atoms with van der Waals surface area (Å²) in [6.45, 7) is 1.05. The van der Waals surface area contributed by atoms with Crippen LogP contribution in [0.1, 0.15) is 128 Å². The van der Waals surface area contributed by atoms with Crippen molar-refractivity contribution in [1.29, 1.82) is 0 Å². The molecule has 0 spiro atoms. The molecule has 4 heteroatoms. The van der Waals surface area contributed by atoms with E-state index in [9.17, 15) is 9.59 Å². The average molecular weight is 421 g/mol. The molecule has 0 aromatic heterocycles. The molecule has 1 heterocycles. The molecule has 0 fully saturated rings. The quantitative estimate of drug-likeness (QED) is 0.316. The van der Waals surface area contributed by atoms with E-state index in [1.807, 2.05) is 0 Å². The summed E-state index contributed by atoms with van der Waals surface area (Å²) in [6, 6.07) is 0. The summed E-state index contributed by atoms with van der Waals surface area (Å²) in [5, 5.41) is 0. The van der Waals surface area contributed by atoms with Gasteiger partial charge in [0.1, 0.15) is 0 Å². The van der Waals surface area contributed by atoms with Gasteiger partial charge < -0.3 is 9.47 Å². The lowest BCUT2D eigenvalue weighted by Gasteiger charge is -2.06. The van der Waals surface area contributed by atoms with Crippen molar-refractivity contribution in [3.05, 3.63) is 0 Å². The largest absolute Gasteiger partial charge is 0.466 e. The summed E-state index contributed by atoms with van der Waals surface area (Å²) in [7, 11) is 0. The highest BCUT2D eigenvalue weighted by Gasteiger charge is 2.06. The zero-order valence-corrected chi connectivity index (χ0v) is 19.2. The first-order valence-electron chi connectivity index (χ1n) is 12.6. The predicted octanol–water partition coefficient (Wildman–Crippen LogP) is 6.89. The number of ether oxygens (including phenoxy) is 2. The number of rotatable bonds is 0. The molecule has 0 saturated carbocycles. The minimum absolute atomic E-state index is 0.141. The van der Waals surface area contributed by atoms with Crippen LogP contribution in [0, 0.1) is 11.8 Å². The van der Waals surface area contributed by atoms with Crippen LogP contribution in [0.25, 0.3) is 0 Å². The van der Waals surface area contributed by atoms with Gasteiger partial charge in [-0.15, -0.1) is 11.8 Å². The second-order valence-electron chi connectivity index (χ2n) is 8.45. The van der Waals surface area contributed by atoms with E-state index in [0.29, 0.717) is 38.9 Å². The zero-order valence-electron chi connectivity index (χ0n) is 19.2. The average Bonchev–Trinajstić information content (AvgIpc) is 2.74. The van der Waals surface area contributed by atoms with Crippen LogP contribution in [0.3, 0.4) is 0 Å². The van der Waals surface area contributed by atoms with Gasteiger partial charge in [-0.2, -0.15) is 0 Å². The first-order valence-corrected chi connectivity index (χ1v) is 12.6. The van der Waals surface area contributed by atoms with Gasteiger partial charge in [-0.05, 0) is 38.5 Å². The Morgan fingerprint density at radius 2 is 0.767 bits per heavy atom. The maximum absolute atomic E-state index is 11.7. The van der Waals surface area contributed by atoms with Crippen LogP contribution in [0.2, 0.25) is 0 Å². The Balaban J connectivity index is 2.19. The molecule has 1 aliphatic heterocycles. The number of carbonyl (C=O) groups excluding carboxylic acids is 2. The number of carbonyl (C=O) groups is 2. The van der Waals surface area contributed by atoms with Crippen LogP contribution >= 0.6 is 0 Å². The summed E-state index contributed by atoms with van der Waals surface area (Å²) in [5.41, 5.74) is 0. The second-order valence-corrected chi connectivity index (χ2v) is 8.45. The van der Waals surface area contributed by atoms with Crippen LogP contribution in [0.15, 0.2) is 0 Å². The third-order valence-electron chi connectivity index (χ3n) is 5.56. The van der Waals surface area contributed by atoms with Gasteiger partial charge in [0, 0.05) is 25.7 Å². The number of hydrogen-bond donors (Lipinski definition) is 0.